The zero-order valence-corrected chi connectivity index (χ0v) is 12.8. The molecule has 1 saturated heterocycles. The van der Waals surface area contributed by atoms with Crippen LogP contribution in [0.5, 0.6) is 0 Å². The van der Waals surface area contributed by atoms with Gasteiger partial charge in [-0.1, -0.05) is 37.6 Å². The molecule has 2 heteroatoms. The van der Waals surface area contributed by atoms with Gasteiger partial charge in [-0.3, -0.25) is 0 Å². The van der Waals surface area contributed by atoms with Gasteiger partial charge < -0.3 is 10.2 Å². The van der Waals surface area contributed by atoms with Crippen LogP contribution >= 0.6 is 0 Å². The van der Waals surface area contributed by atoms with Crippen LogP contribution in [-0.4, -0.2) is 30.6 Å². The number of hydrogen-bond acceptors (Lipinski definition) is 2. The van der Waals surface area contributed by atoms with Gasteiger partial charge >= 0.3 is 0 Å². The number of likely N-dealkylation sites (tertiary alicyclic amines) is 1. The Kier molecular flexibility index (Phi) is 4.74. The Balaban J connectivity index is 1.65. The zero-order chi connectivity index (χ0) is 13.8. The molecule has 1 aromatic rings. The van der Waals surface area contributed by atoms with Gasteiger partial charge in [0.1, 0.15) is 0 Å². The molecular weight excluding hydrogens is 244 g/mol. The molecule has 1 unspecified atom stereocenters. The van der Waals surface area contributed by atoms with Crippen molar-refractivity contribution in [2.24, 2.45) is 0 Å². The molecule has 0 bridgehead atoms. The first-order chi connectivity index (χ1) is 9.86. The van der Waals surface area contributed by atoms with Crippen LogP contribution in [0.1, 0.15) is 56.2 Å². The predicted molar refractivity (Wildman–Crippen MR) is 85.0 cm³/mol. The van der Waals surface area contributed by atoms with Crippen LogP contribution in [-0.2, 0) is 6.42 Å². The van der Waals surface area contributed by atoms with Crippen molar-refractivity contribution in [2.45, 2.75) is 57.5 Å². The third-order valence-electron chi connectivity index (χ3n) is 5.09. The van der Waals surface area contributed by atoms with E-state index in [-0.39, 0.29) is 0 Å². The number of hydrogen-bond donors (Lipinski definition) is 1. The Bertz CT molecular complexity index is 421. The van der Waals surface area contributed by atoms with Gasteiger partial charge in [0, 0.05) is 12.1 Å². The molecule has 3 rings (SSSR count). The maximum Gasteiger partial charge on any atom is 0.0325 e. The van der Waals surface area contributed by atoms with E-state index in [1.807, 2.05) is 0 Å². The highest BCUT2D eigenvalue weighted by Gasteiger charge is 2.24. The molecule has 1 fully saturated rings. The molecular formula is C18H28N2. The number of fused-ring (bicyclic) bond motifs is 1. The van der Waals surface area contributed by atoms with Gasteiger partial charge in [-0.15, -0.1) is 0 Å². The van der Waals surface area contributed by atoms with Crippen LogP contribution < -0.4 is 5.32 Å². The molecule has 0 aromatic heterocycles. The van der Waals surface area contributed by atoms with E-state index in [1.165, 1.54) is 58.2 Å². The first-order valence-corrected chi connectivity index (χ1v) is 8.43. The molecule has 2 aliphatic rings. The van der Waals surface area contributed by atoms with E-state index in [2.05, 4.69) is 41.4 Å². The van der Waals surface area contributed by atoms with E-state index >= 15 is 0 Å². The summed E-state index contributed by atoms with van der Waals surface area (Å²) < 4.78 is 0. The van der Waals surface area contributed by atoms with Crippen LogP contribution in [0.25, 0.3) is 0 Å². The maximum atomic E-state index is 3.97. The fourth-order valence-corrected chi connectivity index (χ4v) is 3.79. The number of aryl methyl sites for hydroxylation is 1. The molecule has 1 atom stereocenters. The summed E-state index contributed by atoms with van der Waals surface area (Å²) in [5.41, 5.74) is 3.15. The molecule has 2 nitrogen and oxygen atoms in total. The molecule has 1 aliphatic carbocycles. The van der Waals surface area contributed by atoms with E-state index in [1.54, 1.807) is 11.1 Å². The van der Waals surface area contributed by atoms with E-state index in [0.717, 1.165) is 0 Å². The average Bonchev–Trinajstić information content (AvgIpc) is 2.71. The van der Waals surface area contributed by atoms with Gasteiger partial charge in [-0.25, -0.2) is 0 Å². The topological polar surface area (TPSA) is 15.3 Å². The van der Waals surface area contributed by atoms with E-state index in [4.69, 9.17) is 0 Å². The Morgan fingerprint density at radius 1 is 1.10 bits per heavy atom. The Labute approximate surface area is 123 Å². The van der Waals surface area contributed by atoms with Crippen molar-refractivity contribution >= 4 is 0 Å². The molecule has 0 saturated carbocycles. The molecule has 0 spiro atoms. The summed E-state index contributed by atoms with van der Waals surface area (Å²) in [6.07, 6.45) is 7.91. The van der Waals surface area contributed by atoms with Crippen molar-refractivity contribution in [1.29, 1.82) is 0 Å². The second-order valence-electron chi connectivity index (χ2n) is 6.37. The van der Waals surface area contributed by atoms with Crippen molar-refractivity contribution in [2.75, 3.05) is 19.6 Å². The minimum absolute atomic E-state index is 0.590. The number of nitrogens with one attached hydrogen (secondary N) is 1. The Morgan fingerprint density at radius 2 is 1.90 bits per heavy atom. The first kappa shape index (κ1) is 14.1. The summed E-state index contributed by atoms with van der Waals surface area (Å²) in [5.74, 6) is 0. The summed E-state index contributed by atoms with van der Waals surface area (Å²) in [7, 11) is 0. The van der Waals surface area contributed by atoms with Crippen LogP contribution in [0.3, 0.4) is 0 Å². The van der Waals surface area contributed by atoms with Crippen molar-refractivity contribution in [1.82, 2.24) is 10.2 Å². The third-order valence-corrected chi connectivity index (χ3v) is 5.09. The van der Waals surface area contributed by atoms with Crippen molar-refractivity contribution in [3.8, 4) is 0 Å². The molecule has 1 heterocycles. The SMILES string of the molecule is CCN1CCC(NC2CCCCc3ccccc32)CC1. The summed E-state index contributed by atoms with van der Waals surface area (Å²) in [4.78, 5) is 2.57. The number of rotatable bonds is 3. The minimum atomic E-state index is 0.590. The number of piperidine rings is 1. The average molecular weight is 272 g/mol. The molecule has 0 amide bonds. The standard InChI is InChI=1S/C18H28N2/c1-2-20-13-11-16(12-14-20)19-18-10-6-4-8-15-7-3-5-9-17(15)18/h3,5,7,9,16,18-19H,2,4,6,8,10-14H2,1H3. The van der Waals surface area contributed by atoms with E-state index in [9.17, 15) is 0 Å². The molecule has 20 heavy (non-hydrogen) atoms. The van der Waals surface area contributed by atoms with Gasteiger partial charge in [0.15, 0.2) is 0 Å². The second kappa shape index (κ2) is 6.73. The fourth-order valence-electron chi connectivity index (χ4n) is 3.79. The zero-order valence-electron chi connectivity index (χ0n) is 12.8. The van der Waals surface area contributed by atoms with Crippen LogP contribution in [0.2, 0.25) is 0 Å². The summed E-state index contributed by atoms with van der Waals surface area (Å²) >= 11 is 0. The highest BCUT2D eigenvalue weighted by atomic mass is 15.1. The molecule has 1 N–H and O–H groups in total. The monoisotopic (exact) mass is 272 g/mol. The van der Waals surface area contributed by atoms with Gasteiger partial charge in [0.2, 0.25) is 0 Å². The van der Waals surface area contributed by atoms with Crippen LogP contribution in [0.15, 0.2) is 24.3 Å². The fraction of sp³-hybridized carbons (Fsp3) is 0.667. The number of benzene rings is 1. The van der Waals surface area contributed by atoms with Gasteiger partial charge in [-0.2, -0.15) is 0 Å². The Hall–Kier alpha value is -0.860. The van der Waals surface area contributed by atoms with Gasteiger partial charge in [0.05, 0.1) is 0 Å². The highest BCUT2D eigenvalue weighted by molar-refractivity contribution is 5.31. The molecule has 1 aromatic carbocycles. The lowest BCUT2D eigenvalue weighted by Crippen LogP contribution is -2.43. The lowest BCUT2D eigenvalue weighted by atomic mass is 9.96. The van der Waals surface area contributed by atoms with E-state index < -0.39 is 0 Å². The second-order valence-corrected chi connectivity index (χ2v) is 6.37. The van der Waals surface area contributed by atoms with Crippen molar-refractivity contribution in [3.63, 3.8) is 0 Å². The molecule has 110 valence electrons. The largest absolute Gasteiger partial charge is 0.307 e. The lowest BCUT2D eigenvalue weighted by molar-refractivity contribution is 0.197. The summed E-state index contributed by atoms with van der Waals surface area (Å²) in [5, 5.41) is 3.97. The quantitative estimate of drug-likeness (QED) is 0.847. The van der Waals surface area contributed by atoms with Gasteiger partial charge in [0.25, 0.3) is 0 Å². The maximum absolute atomic E-state index is 3.97. The van der Waals surface area contributed by atoms with Crippen LogP contribution in [0, 0.1) is 0 Å². The smallest absolute Gasteiger partial charge is 0.0325 e. The van der Waals surface area contributed by atoms with Crippen LogP contribution in [0.4, 0.5) is 0 Å². The number of nitrogens with zero attached hydrogens (tertiary/aromatic N) is 1. The van der Waals surface area contributed by atoms with Gasteiger partial charge in [-0.05, 0) is 62.9 Å². The lowest BCUT2D eigenvalue weighted by Gasteiger charge is -2.34. The summed E-state index contributed by atoms with van der Waals surface area (Å²) in [6.45, 7) is 6.01. The first-order valence-electron chi connectivity index (χ1n) is 8.43. The molecule has 0 radical (unpaired) electrons. The third kappa shape index (κ3) is 3.24. The summed E-state index contributed by atoms with van der Waals surface area (Å²) in [6, 6.07) is 10.4. The minimum Gasteiger partial charge on any atom is -0.307 e. The van der Waals surface area contributed by atoms with E-state index in [0.29, 0.717) is 12.1 Å². The highest BCUT2D eigenvalue weighted by Crippen LogP contribution is 2.29. The molecule has 1 aliphatic heterocycles. The Morgan fingerprint density at radius 3 is 2.70 bits per heavy atom. The van der Waals surface area contributed by atoms with Crippen molar-refractivity contribution < 1.29 is 0 Å². The predicted octanol–water partition coefficient (Wildman–Crippen LogP) is 3.53. The van der Waals surface area contributed by atoms with Crippen molar-refractivity contribution in [3.05, 3.63) is 35.4 Å². The normalized spacial score (nSPS) is 25.1.